The number of aryl methyl sites for hydroxylation is 1. The number of benzene rings is 1. The van der Waals surface area contributed by atoms with Crippen molar-refractivity contribution in [1.29, 1.82) is 0 Å². The molecule has 0 bridgehead atoms. The van der Waals surface area contributed by atoms with Gasteiger partial charge < -0.3 is 10.2 Å². The first-order valence-corrected chi connectivity index (χ1v) is 7.66. The fourth-order valence-electron chi connectivity index (χ4n) is 1.96. The van der Waals surface area contributed by atoms with E-state index < -0.39 is 10.0 Å². The Morgan fingerprint density at radius 2 is 2.05 bits per heavy atom. The van der Waals surface area contributed by atoms with Gasteiger partial charge in [-0.2, -0.15) is 4.31 Å². The molecule has 0 aliphatic heterocycles. The number of hydrogen-bond donors (Lipinski definition) is 1. The van der Waals surface area contributed by atoms with Crippen molar-refractivity contribution >= 4 is 10.0 Å². The monoisotopic (exact) mass is 294 g/mol. The Kier molecular flexibility index (Phi) is 4.27. The topological polar surface area (TPSA) is 76.5 Å². The zero-order chi connectivity index (χ0) is 14.8. The normalized spacial score (nSPS) is 12.0. The molecule has 0 saturated heterocycles. The third-order valence-corrected chi connectivity index (χ3v) is 5.03. The first kappa shape index (κ1) is 14.8. The van der Waals surface area contributed by atoms with Crippen molar-refractivity contribution in [3.8, 4) is 0 Å². The number of furan rings is 1. The number of sulfonamides is 1. The maximum atomic E-state index is 12.5. The molecule has 0 amide bonds. The van der Waals surface area contributed by atoms with E-state index in [2.05, 4.69) is 0 Å². The SMILES string of the molecule is Cc1cc(S(=O)(=O)N(C)Cc2ccoc2)ccc1CN. The molecule has 0 atom stereocenters. The molecule has 1 heterocycles. The van der Waals surface area contributed by atoms with E-state index in [1.54, 1.807) is 31.3 Å². The van der Waals surface area contributed by atoms with Gasteiger partial charge in [-0.15, -0.1) is 0 Å². The average Bonchev–Trinajstić information content (AvgIpc) is 2.91. The minimum atomic E-state index is -3.51. The Labute approximate surface area is 119 Å². The fraction of sp³-hybridized carbons (Fsp3) is 0.286. The summed E-state index contributed by atoms with van der Waals surface area (Å²) in [7, 11) is -1.96. The summed E-state index contributed by atoms with van der Waals surface area (Å²) < 4.78 is 31.2. The second-order valence-corrected chi connectivity index (χ2v) is 6.73. The number of hydrogen-bond acceptors (Lipinski definition) is 4. The van der Waals surface area contributed by atoms with Crippen LogP contribution < -0.4 is 5.73 Å². The summed E-state index contributed by atoms with van der Waals surface area (Å²) in [5.41, 5.74) is 8.23. The molecule has 5 nitrogen and oxygen atoms in total. The number of rotatable bonds is 5. The van der Waals surface area contributed by atoms with Gasteiger partial charge in [0.1, 0.15) is 0 Å². The lowest BCUT2D eigenvalue weighted by atomic mass is 10.1. The molecule has 6 heteroatoms. The second kappa shape index (κ2) is 5.78. The highest BCUT2D eigenvalue weighted by Gasteiger charge is 2.21. The van der Waals surface area contributed by atoms with Gasteiger partial charge in [0.25, 0.3) is 0 Å². The van der Waals surface area contributed by atoms with Crippen LogP contribution in [0.1, 0.15) is 16.7 Å². The van der Waals surface area contributed by atoms with E-state index in [0.29, 0.717) is 6.54 Å². The van der Waals surface area contributed by atoms with E-state index in [4.69, 9.17) is 10.2 Å². The molecule has 0 radical (unpaired) electrons. The van der Waals surface area contributed by atoms with Crippen LogP contribution >= 0.6 is 0 Å². The highest BCUT2D eigenvalue weighted by atomic mass is 32.2. The van der Waals surface area contributed by atoms with Gasteiger partial charge in [-0.05, 0) is 36.2 Å². The summed E-state index contributed by atoms with van der Waals surface area (Å²) in [5.74, 6) is 0. The molecule has 0 aliphatic carbocycles. The summed E-state index contributed by atoms with van der Waals surface area (Å²) in [5, 5.41) is 0. The third kappa shape index (κ3) is 2.92. The average molecular weight is 294 g/mol. The molecular formula is C14H18N2O3S. The Morgan fingerprint density at radius 1 is 1.30 bits per heavy atom. The van der Waals surface area contributed by atoms with E-state index >= 15 is 0 Å². The van der Waals surface area contributed by atoms with Crippen molar-refractivity contribution in [2.24, 2.45) is 5.73 Å². The predicted octanol–water partition coefficient (Wildman–Crippen LogP) is 1.87. The summed E-state index contributed by atoms with van der Waals surface area (Å²) in [4.78, 5) is 0.276. The summed E-state index contributed by atoms with van der Waals surface area (Å²) in [6.45, 7) is 2.53. The summed E-state index contributed by atoms with van der Waals surface area (Å²) >= 11 is 0. The van der Waals surface area contributed by atoms with E-state index in [-0.39, 0.29) is 11.4 Å². The highest BCUT2D eigenvalue weighted by Crippen LogP contribution is 2.20. The quantitative estimate of drug-likeness (QED) is 0.913. The Hall–Kier alpha value is -1.63. The van der Waals surface area contributed by atoms with Gasteiger partial charge in [-0.1, -0.05) is 6.07 Å². The summed E-state index contributed by atoms with van der Waals surface area (Å²) in [6, 6.07) is 6.75. The van der Waals surface area contributed by atoms with Crippen LogP contribution in [0.4, 0.5) is 0 Å². The van der Waals surface area contributed by atoms with Crippen LogP contribution in [0.5, 0.6) is 0 Å². The molecule has 1 aromatic carbocycles. The number of nitrogens with zero attached hydrogens (tertiary/aromatic N) is 1. The van der Waals surface area contributed by atoms with Crippen molar-refractivity contribution in [2.75, 3.05) is 7.05 Å². The van der Waals surface area contributed by atoms with E-state index in [9.17, 15) is 8.42 Å². The molecule has 2 aromatic rings. The lowest BCUT2D eigenvalue weighted by Gasteiger charge is -2.17. The lowest BCUT2D eigenvalue weighted by molar-refractivity contribution is 0.463. The molecule has 108 valence electrons. The molecule has 0 saturated carbocycles. The maximum Gasteiger partial charge on any atom is 0.243 e. The van der Waals surface area contributed by atoms with Crippen molar-refractivity contribution in [3.05, 3.63) is 53.5 Å². The third-order valence-electron chi connectivity index (χ3n) is 3.23. The molecule has 0 fully saturated rings. The Morgan fingerprint density at radius 3 is 2.60 bits per heavy atom. The van der Waals surface area contributed by atoms with Crippen LogP contribution in [0.15, 0.2) is 46.1 Å². The van der Waals surface area contributed by atoms with Gasteiger partial charge >= 0.3 is 0 Å². The van der Waals surface area contributed by atoms with E-state index in [1.807, 2.05) is 6.92 Å². The molecule has 0 spiro atoms. The van der Waals surface area contributed by atoms with Gasteiger partial charge in [-0.3, -0.25) is 0 Å². The molecule has 1 aromatic heterocycles. The first-order valence-electron chi connectivity index (χ1n) is 6.22. The zero-order valence-electron chi connectivity index (χ0n) is 11.5. The first-order chi connectivity index (χ1) is 9.45. The van der Waals surface area contributed by atoms with E-state index in [0.717, 1.165) is 16.7 Å². The van der Waals surface area contributed by atoms with Crippen LogP contribution in [0.2, 0.25) is 0 Å². The van der Waals surface area contributed by atoms with Gasteiger partial charge in [0.05, 0.1) is 17.4 Å². The highest BCUT2D eigenvalue weighted by molar-refractivity contribution is 7.89. The molecule has 20 heavy (non-hydrogen) atoms. The smallest absolute Gasteiger partial charge is 0.243 e. The van der Waals surface area contributed by atoms with E-state index in [1.165, 1.54) is 16.8 Å². The van der Waals surface area contributed by atoms with Gasteiger partial charge in [0.2, 0.25) is 10.0 Å². The van der Waals surface area contributed by atoms with Crippen molar-refractivity contribution < 1.29 is 12.8 Å². The van der Waals surface area contributed by atoms with Gasteiger partial charge in [0.15, 0.2) is 0 Å². The molecule has 2 N–H and O–H groups in total. The predicted molar refractivity (Wildman–Crippen MR) is 76.4 cm³/mol. The molecule has 0 aliphatic rings. The van der Waals surface area contributed by atoms with Crippen LogP contribution in [-0.4, -0.2) is 19.8 Å². The lowest BCUT2D eigenvalue weighted by Crippen LogP contribution is -2.26. The summed E-state index contributed by atoms with van der Waals surface area (Å²) in [6.07, 6.45) is 3.06. The van der Waals surface area contributed by atoms with Crippen LogP contribution in [-0.2, 0) is 23.1 Å². The van der Waals surface area contributed by atoms with Crippen LogP contribution in [0.3, 0.4) is 0 Å². The Balaban J connectivity index is 2.27. The minimum absolute atomic E-state index is 0.274. The van der Waals surface area contributed by atoms with Crippen molar-refractivity contribution in [2.45, 2.75) is 24.9 Å². The van der Waals surface area contributed by atoms with Crippen LogP contribution in [0, 0.1) is 6.92 Å². The molecule has 0 unspecified atom stereocenters. The van der Waals surface area contributed by atoms with Gasteiger partial charge in [0, 0.05) is 25.7 Å². The van der Waals surface area contributed by atoms with Crippen LogP contribution in [0.25, 0.3) is 0 Å². The molecular weight excluding hydrogens is 276 g/mol. The standard InChI is InChI=1S/C14H18N2O3S/c1-11-7-14(4-3-13(11)8-15)20(17,18)16(2)9-12-5-6-19-10-12/h3-7,10H,8-9,15H2,1-2H3. The zero-order valence-corrected chi connectivity index (χ0v) is 12.4. The largest absolute Gasteiger partial charge is 0.472 e. The second-order valence-electron chi connectivity index (χ2n) is 4.69. The van der Waals surface area contributed by atoms with Crippen molar-refractivity contribution in [3.63, 3.8) is 0 Å². The minimum Gasteiger partial charge on any atom is -0.472 e. The molecule has 2 rings (SSSR count). The number of nitrogens with two attached hydrogens (primary N) is 1. The van der Waals surface area contributed by atoms with Crippen molar-refractivity contribution in [1.82, 2.24) is 4.31 Å². The maximum absolute atomic E-state index is 12.5. The Bertz CT molecular complexity index is 678. The van der Waals surface area contributed by atoms with Gasteiger partial charge in [-0.25, -0.2) is 8.42 Å². The fourth-order valence-corrected chi connectivity index (χ4v) is 3.21.